The van der Waals surface area contributed by atoms with E-state index in [4.69, 9.17) is 4.74 Å². The number of sulfonamides is 1. The maximum absolute atomic E-state index is 12.6. The Bertz CT molecular complexity index is 1290. The molecule has 1 heterocycles. The molecule has 2 N–H and O–H groups in total. The second-order valence-electron chi connectivity index (χ2n) is 6.54. The molecule has 0 atom stereocenters. The van der Waals surface area contributed by atoms with Gasteiger partial charge in [-0.05, 0) is 55.8 Å². The number of carbonyl (C=O) groups is 2. The van der Waals surface area contributed by atoms with Crippen molar-refractivity contribution in [1.29, 1.82) is 5.26 Å². The second-order valence-corrected chi connectivity index (χ2v) is 9.25. The number of benzene rings is 2. The Labute approximate surface area is 189 Å². The van der Waals surface area contributed by atoms with Gasteiger partial charge in [0.15, 0.2) is 0 Å². The smallest absolute Gasteiger partial charge is 0.348 e. The summed E-state index contributed by atoms with van der Waals surface area (Å²) in [5.74, 6) is -1.06. The van der Waals surface area contributed by atoms with Crippen molar-refractivity contribution in [1.82, 2.24) is 0 Å². The highest BCUT2D eigenvalue weighted by Crippen LogP contribution is 2.33. The summed E-state index contributed by atoms with van der Waals surface area (Å²) in [4.78, 5) is 25.1. The zero-order valence-electron chi connectivity index (χ0n) is 17.2. The average molecular weight is 470 g/mol. The summed E-state index contributed by atoms with van der Waals surface area (Å²) in [6.45, 7) is 3.49. The molecule has 1 amide bonds. The number of esters is 1. The third-order valence-electron chi connectivity index (χ3n) is 4.40. The van der Waals surface area contributed by atoms with Gasteiger partial charge >= 0.3 is 5.97 Å². The maximum Gasteiger partial charge on any atom is 0.348 e. The monoisotopic (exact) mass is 469 g/mol. The van der Waals surface area contributed by atoms with Crippen LogP contribution in [-0.2, 0) is 14.8 Å². The lowest BCUT2D eigenvalue weighted by molar-refractivity contribution is 0.0531. The van der Waals surface area contributed by atoms with Crippen LogP contribution in [-0.4, -0.2) is 26.9 Å². The molecule has 0 bridgehead atoms. The number of ether oxygens (including phenoxy) is 1. The Morgan fingerprint density at radius 2 is 1.75 bits per heavy atom. The van der Waals surface area contributed by atoms with Gasteiger partial charge in [0.25, 0.3) is 15.9 Å². The minimum absolute atomic E-state index is 0.122. The molecule has 0 aliphatic carbocycles. The van der Waals surface area contributed by atoms with Crippen LogP contribution in [0.15, 0.2) is 59.5 Å². The normalized spacial score (nSPS) is 10.8. The van der Waals surface area contributed by atoms with E-state index in [1.54, 1.807) is 32.0 Å². The van der Waals surface area contributed by atoms with E-state index in [9.17, 15) is 23.3 Å². The molecule has 10 heteroatoms. The molecule has 0 saturated heterocycles. The Balaban J connectivity index is 1.77. The molecule has 2 aromatic carbocycles. The standard InChI is InChI=1S/C22H19N3O5S2/c1-3-30-22(27)19-14(2)18(13-23)21(31-19)24-20(26)15-9-11-16(12-10-15)25-32(28,29)17-7-5-4-6-8-17/h4-12,25H,3H2,1-2H3,(H,24,26). The first kappa shape index (κ1) is 23.0. The Kier molecular flexibility index (Phi) is 6.92. The summed E-state index contributed by atoms with van der Waals surface area (Å²) in [5.41, 5.74) is 1.18. The lowest BCUT2D eigenvalue weighted by atomic mass is 10.1. The SMILES string of the molecule is CCOC(=O)c1sc(NC(=O)c2ccc(NS(=O)(=O)c3ccccc3)cc2)c(C#N)c1C. The fourth-order valence-electron chi connectivity index (χ4n) is 2.81. The van der Waals surface area contributed by atoms with Crippen LogP contribution in [0, 0.1) is 18.3 Å². The average Bonchev–Trinajstić information content (AvgIpc) is 3.09. The van der Waals surface area contributed by atoms with E-state index in [1.165, 1.54) is 36.4 Å². The molecule has 0 spiro atoms. The number of rotatable bonds is 7. The van der Waals surface area contributed by atoms with Gasteiger partial charge in [0, 0.05) is 11.3 Å². The van der Waals surface area contributed by atoms with Crippen molar-refractivity contribution < 1.29 is 22.7 Å². The van der Waals surface area contributed by atoms with Gasteiger partial charge in [-0.15, -0.1) is 11.3 Å². The molecule has 0 fully saturated rings. The van der Waals surface area contributed by atoms with E-state index in [2.05, 4.69) is 10.0 Å². The molecular formula is C22H19N3O5S2. The largest absolute Gasteiger partial charge is 0.462 e. The molecule has 3 aromatic rings. The zero-order chi connectivity index (χ0) is 23.3. The highest BCUT2D eigenvalue weighted by atomic mass is 32.2. The van der Waals surface area contributed by atoms with Gasteiger partial charge in [-0.2, -0.15) is 5.26 Å². The van der Waals surface area contributed by atoms with Gasteiger partial charge < -0.3 is 10.1 Å². The summed E-state index contributed by atoms with van der Waals surface area (Å²) < 4.78 is 32.3. The predicted octanol–water partition coefficient (Wildman–Crippen LogP) is 4.16. The summed E-state index contributed by atoms with van der Waals surface area (Å²) in [6.07, 6.45) is 0. The number of hydrogen-bond donors (Lipinski definition) is 2. The number of nitriles is 1. The molecule has 0 saturated carbocycles. The highest BCUT2D eigenvalue weighted by Gasteiger charge is 2.22. The van der Waals surface area contributed by atoms with E-state index in [0.717, 1.165) is 11.3 Å². The minimum Gasteiger partial charge on any atom is -0.462 e. The summed E-state index contributed by atoms with van der Waals surface area (Å²) in [5, 5.41) is 12.3. The van der Waals surface area contributed by atoms with Crippen LogP contribution in [0.2, 0.25) is 0 Å². The van der Waals surface area contributed by atoms with Crippen molar-refractivity contribution in [3.63, 3.8) is 0 Å². The van der Waals surface area contributed by atoms with Crippen molar-refractivity contribution in [3.05, 3.63) is 76.2 Å². The van der Waals surface area contributed by atoms with Crippen LogP contribution in [0.1, 0.15) is 38.1 Å². The second kappa shape index (κ2) is 9.64. The van der Waals surface area contributed by atoms with Crippen LogP contribution in [0.4, 0.5) is 10.7 Å². The molecule has 1 aromatic heterocycles. The summed E-state index contributed by atoms with van der Waals surface area (Å²) >= 11 is 0.970. The van der Waals surface area contributed by atoms with Gasteiger partial charge in [-0.25, -0.2) is 13.2 Å². The number of carbonyl (C=O) groups excluding carboxylic acids is 2. The van der Waals surface area contributed by atoms with Gasteiger partial charge in [0.2, 0.25) is 0 Å². The summed E-state index contributed by atoms with van der Waals surface area (Å²) in [6, 6.07) is 15.8. The number of amides is 1. The van der Waals surface area contributed by atoms with Crippen LogP contribution >= 0.6 is 11.3 Å². The number of hydrogen-bond acceptors (Lipinski definition) is 7. The van der Waals surface area contributed by atoms with E-state index < -0.39 is 21.9 Å². The number of nitrogens with one attached hydrogen (secondary N) is 2. The van der Waals surface area contributed by atoms with Crippen molar-refractivity contribution in [2.45, 2.75) is 18.7 Å². The number of thiophene rings is 1. The predicted molar refractivity (Wildman–Crippen MR) is 121 cm³/mol. The molecule has 0 unspecified atom stereocenters. The lowest BCUT2D eigenvalue weighted by Crippen LogP contribution is -2.14. The minimum atomic E-state index is -3.75. The molecule has 32 heavy (non-hydrogen) atoms. The highest BCUT2D eigenvalue weighted by molar-refractivity contribution is 7.92. The molecule has 164 valence electrons. The van der Waals surface area contributed by atoms with Crippen LogP contribution in [0.5, 0.6) is 0 Å². The first-order valence-corrected chi connectivity index (χ1v) is 11.8. The fourth-order valence-corrected chi connectivity index (χ4v) is 4.93. The Hall–Kier alpha value is -3.68. The molecule has 0 radical (unpaired) electrons. The van der Waals surface area contributed by atoms with Gasteiger partial charge in [-0.3, -0.25) is 9.52 Å². The van der Waals surface area contributed by atoms with Crippen molar-refractivity contribution >= 4 is 43.9 Å². The lowest BCUT2D eigenvalue weighted by Gasteiger charge is -2.09. The molecule has 8 nitrogen and oxygen atoms in total. The van der Waals surface area contributed by atoms with Crippen LogP contribution < -0.4 is 10.0 Å². The molecule has 0 aliphatic heterocycles. The fraction of sp³-hybridized carbons (Fsp3) is 0.136. The zero-order valence-corrected chi connectivity index (χ0v) is 18.8. The maximum atomic E-state index is 12.6. The first-order valence-electron chi connectivity index (χ1n) is 9.46. The van der Waals surface area contributed by atoms with E-state index in [1.807, 2.05) is 6.07 Å². The molecule has 3 rings (SSSR count). The van der Waals surface area contributed by atoms with Gasteiger partial charge in [-0.1, -0.05) is 18.2 Å². The van der Waals surface area contributed by atoms with E-state index in [-0.39, 0.29) is 32.5 Å². The molecule has 0 aliphatic rings. The van der Waals surface area contributed by atoms with E-state index >= 15 is 0 Å². The molecular weight excluding hydrogens is 450 g/mol. The topological polar surface area (TPSA) is 125 Å². The van der Waals surface area contributed by atoms with E-state index in [0.29, 0.717) is 11.3 Å². The van der Waals surface area contributed by atoms with Crippen molar-refractivity contribution in [3.8, 4) is 6.07 Å². The Morgan fingerprint density at radius 3 is 2.34 bits per heavy atom. The first-order chi connectivity index (χ1) is 15.3. The summed E-state index contributed by atoms with van der Waals surface area (Å²) in [7, 11) is -3.75. The van der Waals surface area contributed by atoms with Crippen molar-refractivity contribution in [2.75, 3.05) is 16.6 Å². The Morgan fingerprint density at radius 1 is 1.09 bits per heavy atom. The third-order valence-corrected chi connectivity index (χ3v) is 6.98. The van der Waals surface area contributed by atoms with Crippen molar-refractivity contribution in [2.24, 2.45) is 0 Å². The third kappa shape index (κ3) is 4.96. The quantitative estimate of drug-likeness (QED) is 0.501. The van der Waals surface area contributed by atoms with Crippen LogP contribution in [0.3, 0.4) is 0 Å². The number of nitrogens with zero attached hydrogens (tertiary/aromatic N) is 1. The number of anilines is 2. The van der Waals surface area contributed by atoms with Gasteiger partial charge in [0.1, 0.15) is 15.9 Å². The van der Waals surface area contributed by atoms with Crippen LogP contribution in [0.25, 0.3) is 0 Å². The van der Waals surface area contributed by atoms with Gasteiger partial charge in [0.05, 0.1) is 17.1 Å².